The molecule has 0 unspecified atom stereocenters. The van der Waals surface area contributed by atoms with E-state index in [1.807, 2.05) is 11.4 Å². The molecular formula is C11H13ClN2OS. The van der Waals surface area contributed by atoms with Gasteiger partial charge >= 0.3 is 0 Å². The minimum absolute atomic E-state index is 0.420. The highest BCUT2D eigenvalue weighted by molar-refractivity contribution is 7.14. The molecule has 2 aromatic heterocycles. The zero-order valence-corrected chi connectivity index (χ0v) is 10.7. The van der Waals surface area contributed by atoms with Crippen LogP contribution in [0.3, 0.4) is 0 Å². The Hall–Kier alpha value is -0.840. The highest BCUT2D eigenvalue weighted by atomic mass is 35.5. The summed E-state index contributed by atoms with van der Waals surface area (Å²) in [6, 6.07) is 2.28. The molecular weight excluding hydrogens is 244 g/mol. The van der Waals surface area contributed by atoms with Gasteiger partial charge in [0, 0.05) is 12.6 Å². The van der Waals surface area contributed by atoms with Gasteiger partial charge in [-0.25, -0.2) is 4.98 Å². The lowest BCUT2D eigenvalue weighted by Crippen LogP contribution is -2.22. The molecule has 0 spiro atoms. The SMILES string of the molecule is CC(C)NCc1ncoc1-c1sccc1Cl. The van der Waals surface area contributed by atoms with Crippen LogP contribution in [0.2, 0.25) is 5.02 Å². The topological polar surface area (TPSA) is 38.1 Å². The summed E-state index contributed by atoms with van der Waals surface area (Å²) in [4.78, 5) is 5.15. The Morgan fingerprint density at radius 3 is 3.00 bits per heavy atom. The molecule has 0 fully saturated rings. The number of nitrogens with zero attached hydrogens (tertiary/aromatic N) is 1. The summed E-state index contributed by atoms with van der Waals surface area (Å²) >= 11 is 7.63. The summed E-state index contributed by atoms with van der Waals surface area (Å²) < 4.78 is 5.40. The summed E-state index contributed by atoms with van der Waals surface area (Å²) in [5.74, 6) is 0.771. The maximum atomic E-state index is 6.07. The van der Waals surface area contributed by atoms with Crippen LogP contribution in [0.25, 0.3) is 10.6 Å². The molecule has 2 rings (SSSR count). The average Bonchev–Trinajstić information content (AvgIpc) is 2.82. The van der Waals surface area contributed by atoms with E-state index < -0.39 is 0 Å². The Labute approximate surface area is 103 Å². The van der Waals surface area contributed by atoms with Crippen LogP contribution >= 0.6 is 22.9 Å². The van der Waals surface area contributed by atoms with Crippen LogP contribution in [0.4, 0.5) is 0 Å². The molecule has 0 aliphatic carbocycles. The monoisotopic (exact) mass is 256 g/mol. The first kappa shape index (κ1) is 11.6. The van der Waals surface area contributed by atoms with Gasteiger partial charge in [-0.3, -0.25) is 0 Å². The number of hydrogen-bond donors (Lipinski definition) is 1. The van der Waals surface area contributed by atoms with E-state index >= 15 is 0 Å². The standard InChI is InChI=1S/C11H13ClN2OS/c1-7(2)13-5-9-10(15-6-14-9)11-8(12)3-4-16-11/h3-4,6-7,13H,5H2,1-2H3. The lowest BCUT2D eigenvalue weighted by molar-refractivity contribution is 0.564. The number of rotatable bonds is 4. The van der Waals surface area contributed by atoms with Gasteiger partial charge in [-0.05, 0) is 11.4 Å². The fourth-order valence-electron chi connectivity index (χ4n) is 1.34. The molecule has 0 saturated carbocycles. The third-order valence-corrected chi connectivity index (χ3v) is 3.48. The van der Waals surface area contributed by atoms with E-state index in [1.54, 1.807) is 11.3 Å². The third kappa shape index (κ3) is 2.45. The third-order valence-electron chi connectivity index (χ3n) is 2.14. The minimum atomic E-state index is 0.420. The molecule has 0 saturated heterocycles. The summed E-state index contributed by atoms with van der Waals surface area (Å²) in [5.41, 5.74) is 0.901. The van der Waals surface area contributed by atoms with E-state index in [0.717, 1.165) is 16.3 Å². The van der Waals surface area contributed by atoms with E-state index in [9.17, 15) is 0 Å². The van der Waals surface area contributed by atoms with Crippen LogP contribution in [-0.4, -0.2) is 11.0 Å². The van der Waals surface area contributed by atoms with Gasteiger partial charge in [0.05, 0.1) is 9.90 Å². The van der Waals surface area contributed by atoms with E-state index in [4.69, 9.17) is 16.0 Å². The van der Waals surface area contributed by atoms with E-state index in [-0.39, 0.29) is 0 Å². The van der Waals surface area contributed by atoms with Crippen molar-refractivity contribution in [1.29, 1.82) is 0 Å². The van der Waals surface area contributed by atoms with Crippen molar-refractivity contribution in [3.8, 4) is 10.6 Å². The predicted molar refractivity (Wildman–Crippen MR) is 66.8 cm³/mol. The van der Waals surface area contributed by atoms with Gasteiger partial charge < -0.3 is 9.73 Å². The van der Waals surface area contributed by atoms with Crippen molar-refractivity contribution >= 4 is 22.9 Å². The number of nitrogens with one attached hydrogen (secondary N) is 1. The summed E-state index contributed by atoms with van der Waals surface area (Å²) in [7, 11) is 0. The van der Waals surface area contributed by atoms with Gasteiger partial charge in [-0.15, -0.1) is 11.3 Å². The normalized spacial score (nSPS) is 11.2. The van der Waals surface area contributed by atoms with E-state index in [2.05, 4.69) is 24.1 Å². The van der Waals surface area contributed by atoms with Crippen LogP contribution in [0, 0.1) is 0 Å². The first-order valence-corrected chi connectivity index (χ1v) is 6.33. The highest BCUT2D eigenvalue weighted by Gasteiger charge is 2.15. The van der Waals surface area contributed by atoms with Gasteiger partial charge in [-0.2, -0.15) is 0 Å². The zero-order chi connectivity index (χ0) is 11.5. The number of aromatic nitrogens is 1. The summed E-state index contributed by atoms with van der Waals surface area (Å²) in [6.07, 6.45) is 1.46. The van der Waals surface area contributed by atoms with Crippen molar-refractivity contribution in [3.05, 3.63) is 28.6 Å². The molecule has 5 heteroatoms. The second-order valence-corrected chi connectivity index (χ2v) is 5.08. The Morgan fingerprint density at radius 1 is 1.56 bits per heavy atom. The molecule has 2 aromatic rings. The maximum absolute atomic E-state index is 6.07. The molecule has 2 heterocycles. The van der Waals surface area contributed by atoms with Gasteiger partial charge in [0.25, 0.3) is 0 Å². The fraction of sp³-hybridized carbons (Fsp3) is 0.364. The molecule has 0 aliphatic rings. The Balaban J connectivity index is 2.23. The zero-order valence-electron chi connectivity index (χ0n) is 9.16. The van der Waals surface area contributed by atoms with Crippen molar-refractivity contribution in [2.75, 3.05) is 0 Å². The first-order valence-electron chi connectivity index (χ1n) is 5.07. The largest absolute Gasteiger partial charge is 0.442 e. The summed E-state index contributed by atoms with van der Waals surface area (Å²) in [6.45, 7) is 4.88. The van der Waals surface area contributed by atoms with E-state index in [1.165, 1.54) is 6.39 Å². The first-order chi connectivity index (χ1) is 7.68. The van der Waals surface area contributed by atoms with Crippen LogP contribution in [0.5, 0.6) is 0 Å². The highest BCUT2D eigenvalue weighted by Crippen LogP contribution is 2.34. The number of halogens is 1. The van der Waals surface area contributed by atoms with Gasteiger partial charge in [0.1, 0.15) is 5.69 Å². The lowest BCUT2D eigenvalue weighted by atomic mass is 10.2. The van der Waals surface area contributed by atoms with Crippen molar-refractivity contribution < 1.29 is 4.42 Å². The maximum Gasteiger partial charge on any atom is 0.181 e. The van der Waals surface area contributed by atoms with Crippen LogP contribution in [-0.2, 0) is 6.54 Å². The van der Waals surface area contributed by atoms with Gasteiger partial charge in [0.2, 0.25) is 0 Å². The average molecular weight is 257 g/mol. The van der Waals surface area contributed by atoms with Crippen molar-refractivity contribution in [3.63, 3.8) is 0 Å². The molecule has 0 amide bonds. The van der Waals surface area contributed by atoms with Crippen LogP contribution in [0.15, 0.2) is 22.3 Å². The molecule has 16 heavy (non-hydrogen) atoms. The Bertz CT molecular complexity index is 464. The molecule has 0 atom stereocenters. The molecule has 86 valence electrons. The van der Waals surface area contributed by atoms with E-state index in [0.29, 0.717) is 17.6 Å². The van der Waals surface area contributed by atoms with Crippen molar-refractivity contribution in [2.45, 2.75) is 26.4 Å². The smallest absolute Gasteiger partial charge is 0.181 e. The number of thiophene rings is 1. The quantitative estimate of drug-likeness (QED) is 0.909. The van der Waals surface area contributed by atoms with Crippen molar-refractivity contribution in [2.24, 2.45) is 0 Å². The lowest BCUT2D eigenvalue weighted by Gasteiger charge is -2.06. The Morgan fingerprint density at radius 2 is 2.38 bits per heavy atom. The second kappa shape index (κ2) is 4.99. The van der Waals surface area contributed by atoms with Crippen molar-refractivity contribution in [1.82, 2.24) is 10.3 Å². The molecule has 3 nitrogen and oxygen atoms in total. The van der Waals surface area contributed by atoms with Crippen LogP contribution < -0.4 is 5.32 Å². The number of hydrogen-bond acceptors (Lipinski definition) is 4. The van der Waals surface area contributed by atoms with Gasteiger partial charge in [-0.1, -0.05) is 25.4 Å². The second-order valence-electron chi connectivity index (χ2n) is 3.76. The summed E-state index contributed by atoms with van der Waals surface area (Å²) in [5, 5.41) is 5.97. The minimum Gasteiger partial charge on any atom is -0.442 e. The van der Waals surface area contributed by atoms with Crippen LogP contribution in [0.1, 0.15) is 19.5 Å². The molecule has 1 N–H and O–H groups in total. The predicted octanol–water partition coefficient (Wildman–Crippen LogP) is 3.55. The number of oxazole rings is 1. The molecule has 0 aromatic carbocycles. The molecule has 0 bridgehead atoms. The van der Waals surface area contributed by atoms with Gasteiger partial charge in [0.15, 0.2) is 12.2 Å². The fourth-order valence-corrected chi connectivity index (χ4v) is 2.49. The molecule has 0 aliphatic heterocycles. The Kier molecular flexibility index (Phi) is 3.63. The molecule has 0 radical (unpaired) electrons.